The van der Waals surface area contributed by atoms with Crippen LogP contribution in [0.15, 0.2) is 0 Å². The van der Waals surface area contributed by atoms with Crippen LogP contribution >= 0.6 is 0 Å². The van der Waals surface area contributed by atoms with E-state index in [0.717, 1.165) is 24.3 Å². The fraction of sp³-hybridized carbons (Fsp3) is 0.647. The Morgan fingerprint density at radius 2 is 1.62 bits per heavy atom. The predicted octanol–water partition coefficient (Wildman–Crippen LogP) is 1.87. The van der Waals surface area contributed by atoms with E-state index in [2.05, 4.69) is 4.98 Å². The van der Waals surface area contributed by atoms with Gasteiger partial charge in [-0.1, -0.05) is 6.42 Å². The van der Waals surface area contributed by atoms with E-state index in [9.17, 15) is 9.59 Å². The van der Waals surface area contributed by atoms with Gasteiger partial charge in [0.1, 0.15) is 6.54 Å². The Morgan fingerprint density at radius 1 is 1.05 bits per heavy atom. The number of nitrogens with one attached hydrogen (secondary N) is 2. The molecule has 2 rings (SSSR count). The lowest BCUT2D eigenvalue weighted by atomic mass is 10.0. The van der Waals surface area contributed by atoms with Crippen LogP contribution in [0.25, 0.3) is 0 Å². The molecule has 0 atom stereocenters. The number of carbonyl (C=O) groups is 2. The van der Waals surface area contributed by atoms with Crippen LogP contribution in [0.3, 0.4) is 0 Å². The van der Waals surface area contributed by atoms with Gasteiger partial charge in [-0.2, -0.15) is 0 Å². The lowest BCUT2D eigenvalue weighted by Gasteiger charge is -2.20. The summed E-state index contributed by atoms with van der Waals surface area (Å²) in [7, 11) is 0. The zero-order valence-electron chi connectivity index (χ0n) is 13.5. The minimum absolute atomic E-state index is 0.0268. The number of quaternary nitrogens is 1. The molecule has 4 nitrogen and oxygen atoms in total. The summed E-state index contributed by atoms with van der Waals surface area (Å²) in [6.45, 7) is 8.01. The molecule has 0 amide bonds. The molecule has 0 spiro atoms. The molecular formula is C17H27N2O2+. The van der Waals surface area contributed by atoms with Crippen LogP contribution in [0.1, 0.15) is 71.1 Å². The summed E-state index contributed by atoms with van der Waals surface area (Å²) >= 11 is 0. The number of aromatic nitrogens is 1. The van der Waals surface area contributed by atoms with Crippen molar-refractivity contribution in [1.29, 1.82) is 0 Å². The highest BCUT2D eigenvalue weighted by Gasteiger charge is 2.23. The van der Waals surface area contributed by atoms with Gasteiger partial charge in [0.2, 0.25) is 5.78 Å². The van der Waals surface area contributed by atoms with Crippen molar-refractivity contribution in [2.75, 3.05) is 19.6 Å². The molecule has 0 bridgehead atoms. The third-order valence-corrected chi connectivity index (χ3v) is 4.54. The molecule has 1 aliphatic rings. The normalized spacial score (nSPS) is 17.3. The van der Waals surface area contributed by atoms with Gasteiger partial charge in [-0.3, -0.25) is 9.59 Å². The number of likely N-dealkylation sites (tertiary alicyclic amines) is 1. The van der Waals surface area contributed by atoms with Gasteiger partial charge >= 0.3 is 0 Å². The molecule has 0 saturated carbocycles. The average molecular weight is 291 g/mol. The molecule has 116 valence electrons. The lowest BCUT2D eigenvalue weighted by Crippen LogP contribution is -3.13. The average Bonchev–Trinajstić information content (AvgIpc) is 2.67. The molecule has 1 saturated heterocycles. The second kappa shape index (κ2) is 7.03. The van der Waals surface area contributed by atoms with Crippen molar-refractivity contribution in [3.05, 3.63) is 22.5 Å². The van der Waals surface area contributed by atoms with Crippen molar-refractivity contribution in [3.8, 4) is 0 Å². The number of carbonyl (C=O) groups excluding carboxylic acids is 2. The quantitative estimate of drug-likeness (QED) is 0.832. The van der Waals surface area contributed by atoms with Crippen LogP contribution in [0.5, 0.6) is 0 Å². The van der Waals surface area contributed by atoms with E-state index in [1.54, 1.807) is 6.92 Å². The van der Waals surface area contributed by atoms with Crippen molar-refractivity contribution >= 4 is 11.6 Å². The summed E-state index contributed by atoms with van der Waals surface area (Å²) in [5, 5.41) is 0. The van der Waals surface area contributed by atoms with E-state index in [1.165, 1.54) is 37.0 Å². The van der Waals surface area contributed by atoms with Crippen LogP contribution < -0.4 is 4.90 Å². The smallest absolute Gasteiger partial charge is 0.233 e. The molecule has 1 aromatic rings. The predicted molar refractivity (Wildman–Crippen MR) is 83.3 cm³/mol. The van der Waals surface area contributed by atoms with Gasteiger partial charge in [0.25, 0.3) is 0 Å². The van der Waals surface area contributed by atoms with Gasteiger partial charge in [0.15, 0.2) is 5.78 Å². The molecule has 1 aromatic heterocycles. The first-order chi connectivity index (χ1) is 10.0. The van der Waals surface area contributed by atoms with E-state index in [0.29, 0.717) is 17.8 Å². The third-order valence-electron chi connectivity index (χ3n) is 4.54. The van der Waals surface area contributed by atoms with Crippen molar-refractivity contribution in [1.82, 2.24) is 4.98 Å². The number of hydrogen-bond donors (Lipinski definition) is 2. The first-order valence-corrected chi connectivity index (χ1v) is 8.07. The van der Waals surface area contributed by atoms with Gasteiger partial charge in [-0.05, 0) is 52.0 Å². The van der Waals surface area contributed by atoms with Crippen LogP contribution in [-0.2, 0) is 0 Å². The first-order valence-electron chi connectivity index (χ1n) is 8.07. The van der Waals surface area contributed by atoms with Crippen molar-refractivity contribution in [3.63, 3.8) is 0 Å². The van der Waals surface area contributed by atoms with Crippen LogP contribution in [-0.4, -0.2) is 36.2 Å². The monoisotopic (exact) mass is 291 g/mol. The van der Waals surface area contributed by atoms with Crippen LogP contribution in [0, 0.1) is 13.8 Å². The molecule has 4 heteroatoms. The van der Waals surface area contributed by atoms with Gasteiger partial charge in [0, 0.05) is 11.3 Å². The number of aromatic amines is 1. The Bertz CT molecular complexity index is 523. The van der Waals surface area contributed by atoms with Crippen LogP contribution in [0.2, 0.25) is 0 Å². The molecule has 0 aromatic carbocycles. The van der Waals surface area contributed by atoms with Crippen molar-refractivity contribution in [2.24, 2.45) is 0 Å². The summed E-state index contributed by atoms with van der Waals surface area (Å²) in [5.41, 5.74) is 2.94. The Labute approximate surface area is 126 Å². The first kappa shape index (κ1) is 16.0. The van der Waals surface area contributed by atoms with Gasteiger partial charge < -0.3 is 9.88 Å². The molecule has 2 N–H and O–H groups in total. The standard InChI is InChI=1S/C17H26N2O2/c1-12-16(14(3)20)13(2)18-17(12)15(21)11-19-9-7-5-4-6-8-10-19/h18H,4-11H2,1-3H3/p+1. The molecule has 1 aliphatic heterocycles. The molecule has 2 heterocycles. The minimum atomic E-state index is 0.0268. The fourth-order valence-electron chi connectivity index (χ4n) is 3.45. The lowest BCUT2D eigenvalue weighted by molar-refractivity contribution is -0.892. The highest BCUT2D eigenvalue weighted by Crippen LogP contribution is 2.18. The summed E-state index contributed by atoms with van der Waals surface area (Å²) in [4.78, 5) is 28.7. The summed E-state index contributed by atoms with van der Waals surface area (Å²) in [6, 6.07) is 0. The largest absolute Gasteiger partial charge is 0.355 e. The van der Waals surface area contributed by atoms with E-state index in [4.69, 9.17) is 0 Å². The van der Waals surface area contributed by atoms with Gasteiger partial charge in [0.05, 0.1) is 18.8 Å². The number of ketones is 2. The zero-order chi connectivity index (χ0) is 15.4. The Hall–Kier alpha value is -1.42. The Balaban J connectivity index is 2.09. The second-order valence-electron chi connectivity index (χ2n) is 6.30. The maximum Gasteiger partial charge on any atom is 0.233 e. The van der Waals surface area contributed by atoms with E-state index >= 15 is 0 Å². The minimum Gasteiger partial charge on any atom is -0.355 e. The molecular weight excluding hydrogens is 264 g/mol. The topological polar surface area (TPSA) is 54.4 Å². The third kappa shape index (κ3) is 3.82. The SMILES string of the molecule is CC(=O)c1c(C)[nH]c(C(=O)C[NH+]2CCCCCCC2)c1C. The maximum atomic E-state index is 12.6. The zero-order valence-corrected chi connectivity index (χ0v) is 13.5. The molecule has 21 heavy (non-hydrogen) atoms. The number of aryl methyl sites for hydroxylation is 1. The summed E-state index contributed by atoms with van der Waals surface area (Å²) in [6.07, 6.45) is 6.33. The maximum absolute atomic E-state index is 12.6. The van der Waals surface area contributed by atoms with E-state index < -0.39 is 0 Å². The van der Waals surface area contributed by atoms with Crippen molar-refractivity contribution < 1.29 is 14.5 Å². The number of H-pyrrole nitrogens is 1. The molecule has 0 unspecified atom stereocenters. The summed E-state index contributed by atoms with van der Waals surface area (Å²) in [5.74, 6) is 0.164. The van der Waals surface area contributed by atoms with Crippen LogP contribution in [0.4, 0.5) is 0 Å². The van der Waals surface area contributed by atoms with Gasteiger partial charge in [-0.15, -0.1) is 0 Å². The molecule has 0 aliphatic carbocycles. The van der Waals surface area contributed by atoms with Gasteiger partial charge in [-0.25, -0.2) is 0 Å². The molecule has 0 radical (unpaired) electrons. The van der Waals surface area contributed by atoms with Crippen molar-refractivity contribution in [2.45, 2.75) is 52.9 Å². The summed E-state index contributed by atoms with van der Waals surface area (Å²) < 4.78 is 0. The number of rotatable bonds is 4. The van der Waals surface area contributed by atoms with E-state index in [-0.39, 0.29) is 11.6 Å². The second-order valence-corrected chi connectivity index (χ2v) is 6.30. The molecule has 1 fully saturated rings. The highest BCUT2D eigenvalue weighted by atomic mass is 16.1. The number of hydrogen-bond acceptors (Lipinski definition) is 2. The highest BCUT2D eigenvalue weighted by molar-refractivity contribution is 6.03. The van der Waals surface area contributed by atoms with E-state index in [1.807, 2.05) is 13.8 Å². The Kier molecular flexibility index (Phi) is 5.34. The fourth-order valence-corrected chi connectivity index (χ4v) is 3.45. The number of Topliss-reactive ketones (excluding diaryl/α,β-unsaturated/α-hetero) is 2. The Morgan fingerprint density at radius 3 is 2.14 bits per heavy atom.